The largest absolute Gasteiger partial charge is 0.454 e. The predicted octanol–water partition coefficient (Wildman–Crippen LogP) is 19.4. The Morgan fingerprint density at radius 2 is 1.01 bits per heavy atom. The van der Waals surface area contributed by atoms with Gasteiger partial charge in [0.2, 0.25) is 5.69 Å². The number of aryl methyl sites for hydroxylation is 2. The van der Waals surface area contributed by atoms with Gasteiger partial charge in [0.25, 0.3) is 0 Å². The third-order valence-corrected chi connectivity index (χ3v) is 17.2. The lowest BCUT2D eigenvalue weighted by Crippen LogP contribution is -2.14. The van der Waals surface area contributed by atoms with Crippen LogP contribution in [0.2, 0.25) is 0 Å². The quantitative estimate of drug-likeness (QED) is 0.165. The molecule has 17 aromatic rings. The zero-order valence-electron chi connectivity index (χ0n) is 51.4. The smallest absolute Gasteiger partial charge is 0.237 e. The van der Waals surface area contributed by atoms with Crippen LogP contribution in [-0.2, 0) is 0 Å². The summed E-state index contributed by atoms with van der Waals surface area (Å²) in [4.78, 5) is 4.71. The van der Waals surface area contributed by atoms with E-state index in [0.29, 0.717) is 22.1 Å². The highest BCUT2D eigenvalue weighted by Gasteiger charge is 2.36. The number of thiophene rings is 1. The van der Waals surface area contributed by atoms with Crippen LogP contribution < -0.4 is 0 Å². The van der Waals surface area contributed by atoms with Gasteiger partial charge in [-0.05, 0) is 85.6 Å². The summed E-state index contributed by atoms with van der Waals surface area (Å²) >= 11 is 1.62. The standard InChI is InChI=1S/C70H40N6OS/c1-39-36-52-49-33-35-51-47-24-10-17-31-61(47)78-70(51)66(49)76(59(52)37-40(39)2)63-53(38-71)64(73-54-25-11-4-18-41(54)42-19-5-12-26-55(42)73)68(67(62(63)72-3)74-56-27-13-6-20-43(56)44-21-7-14-28-57(44)74)75-58-29-15-8-22-45(58)48-32-34-50-46-23-9-16-30-60(46)77-69(50)65(48)75/h4-37H,1-2H3/i8D,9D,15D,16D,22D,23D,29D,30D,32D,34D. The number of benzene rings is 11. The SMILES string of the molecule is [2H]c1c([2H])c([2H])c2c(oc3c2c([2H])c([2H])c2c4c([2H])c([2H])c([2H])c([2H])c4n(-c4c(-n5c6ccccc6c6ccccc65)c(C#N)c(-n5c6cc(C)c(C)cc6c6ccc7c8ccccc8sc7c65)c([N+]#[C-])c4-n4c5ccccc5c5ccccc54)c32)c1[2H]. The van der Waals surface area contributed by atoms with Crippen LogP contribution in [-0.4, -0.2) is 18.3 Å². The minimum Gasteiger partial charge on any atom is -0.454 e. The molecule has 8 heteroatoms. The second-order valence-corrected chi connectivity index (χ2v) is 20.9. The zero-order chi connectivity index (χ0) is 60.4. The number of aromatic nitrogens is 4. The molecule has 0 atom stereocenters. The third kappa shape index (κ3) is 5.43. The molecular formula is C70H40N6OS. The fourth-order valence-electron chi connectivity index (χ4n) is 12.6. The van der Waals surface area contributed by atoms with Crippen LogP contribution in [0.5, 0.6) is 0 Å². The van der Waals surface area contributed by atoms with Crippen molar-refractivity contribution in [2.45, 2.75) is 13.8 Å². The molecule has 362 valence electrons. The van der Waals surface area contributed by atoms with Gasteiger partial charge in [0, 0.05) is 69.3 Å². The van der Waals surface area contributed by atoms with Crippen LogP contribution in [0.15, 0.2) is 210 Å². The molecule has 17 rings (SSSR count). The number of furan rings is 1. The average Bonchev–Trinajstić information content (AvgIpc) is 1.49. The van der Waals surface area contributed by atoms with Gasteiger partial charge in [-0.15, -0.1) is 11.3 Å². The highest BCUT2D eigenvalue weighted by atomic mass is 32.1. The molecule has 0 aliphatic heterocycles. The van der Waals surface area contributed by atoms with E-state index in [0.717, 1.165) is 74.6 Å². The van der Waals surface area contributed by atoms with Crippen molar-refractivity contribution in [2.75, 3.05) is 0 Å². The first kappa shape index (κ1) is 34.2. The molecule has 11 aromatic carbocycles. The number of hydrogen-bond donors (Lipinski definition) is 0. The van der Waals surface area contributed by atoms with Crippen molar-refractivity contribution in [1.82, 2.24) is 18.3 Å². The van der Waals surface area contributed by atoms with E-state index in [1.165, 1.54) is 0 Å². The van der Waals surface area contributed by atoms with E-state index in [9.17, 15) is 22.8 Å². The maximum absolute atomic E-state index is 12.9. The predicted molar refractivity (Wildman–Crippen MR) is 324 cm³/mol. The number of nitrogens with zero attached hydrogens (tertiary/aromatic N) is 6. The molecule has 6 heterocycles. The molecule has 0 spiro atoms. The molecule has 0 bridgehead atoms. The van der Waals surface area contributed by atoms with E-state index in [-0.39, 0.29) is 77.7 Å². The van der Waals surface area contributed by atoms with Gasteiger partial charge < -0.3 is 22.7 Å². The average molecular weight is 1020 g/mol. The van der Waals surface area contributed by atoms with Gasteiger partial charge >= 0.3 is 0 Å². The Morgan fingerprint density at radius 3 is 1.68 bits per heavy atom. The second-order valence-electron chi connectivity index (χ2n) is 19.8. The summed E-state index contributed by atoms with van der Waals surface area (Å²) in [6.07, 6.45) is 0. The summed E-state index contributed by atoms with van der Waals surface area (Å²) < 4.78 is 112. The Labute approximate surface area is 462 Å². The number of hydrogen-bond acceptors (Lipinski definition) is 3. The molecule has 0 N–H and O–H groups in total. The second kappa shape index (κ2) is 15.6. The van der Waals surface area contributed by atoms with Crippen LogP contribution in [0, 0.1) is 31.8 Å². The molecule has 0 aliphatic carbocycles. The van der Waals surface area contributed by atoms with Crippen LogP contribution in [0.25, 0.3) is 157 Å². The van der Waals surface area contributed by atoms with Crippen molar-refractivity contribution in [3.8, 4) is 28.8 Å². The van der Waals surface area contributed by atoms with Gasteiger partial charge in [0.1, 0.15) is 11.7 Å². The van der Waals surface area contributed by atoms with Crippen LogP contribution in [0.3, 0.4) is 0 Å². The van der Waals surface area contributed by atoms with Crippen molar-refractivity contribution in [3.63, 3.8) is 0 Å². The third-order valence-electron chi connectivity index (χ3n) is 16.0. The van der Waals surface area contributed by atoms with E-state index < -0.39 is 60.4 Å². The summed E-state index contributed by atoms with van der Waals surface area (Å²) in [5.74, 6) is 0. The minimum absolute atomic E-state index is 0.00774. The van der Waals surface area contributed by atoms with Gasteiger partial charge in [0.05, 0.1) is 97.4 Å². The molecule has 0 radical (unpaired) electrons. The van der Waals surface area contributed by atoms with E-state index in [2.05, 4.69) is 54.0 Å². The van der Waals surface area contributed by atoms with E-state index in [1.54, 1.807) is 15.9 Å². The van der Waals surface area contributed by atoms with E-state index in [1.807, 2.05) is 125 Å². The molecule has 7 nitrogen and oxygen atoms in total. The number of rotatable bonds is 4. The van der Waals surface area contributed by atoms with E-state index >= 15 is 0 Å². The summed E-state index contributed by atoms with van der Waals surface area (Å²) in [5.41, 5.74) is 5.74. The van der Waals surface area contributed by atoms with E-state index in [4.69, 9.17) is 12.0 Å². The Kier molecular flexibility index (Phi) is 6.85. The van der Waals surface area contributed by atoms with Crippen molar-refractivity contribution >= 4 is 146 Å². The molecule has 0 unspecified atom stereocenters. The summed E-state index contributed by atoms with van der Waals surface area (Å²) in [6, 6.07) is 44.9. The monoisotopic (exact) mass is 1020 g/mol. The molecule has 0 amide bonds. The Bertz CT molecular complexity index is 6010. The van der Waals surface area contributed by atoms with Crippen molar-refractivity contribution in [1.29, 1.82) is 5.26 Å². The van der Waals surface area contributed by atoms with Crippen molar-refractivity contribution < 1.29 is 18.1 Å². The molecule has 0 fully saturated rings. The minimum atomic E-state index is -0.637. The molecule has 6 aromatic heterocycles. The van der Waals surface area contributed by atoms with Gasteiger partial charge in [-0.3, -0.25) is 0 Å². The van der Waals surface area contributed by atoms with Crippen LogP contribution in [0.1, 0.15) is 30.4 Å². The highest BCUT2D eigenvalue weighted by molar-refractivity contribution is 7.26. The van der Waals surface area contributed by atoms with Gasteiger partial charge in [-0.25, -0.2) is 4.85 Å². The molecule has 0 saturated heterocycles. The van der Waals surface area contributed by atoms with Gasteiger partial charge in [-0.1, -0.05) is 145 Å². The Balaban J connectivity index is 1.26. The van der Waals surface area contributed by atoms with Crippen LogP contribution >= 0.6 is 11.3 Å². The lowest BCUT2D eigenvalue weighted by atomic mass is 10.0. The molecular weight excluding hydrogens is 973 g/mol. The number of fused-ring (bicyclic) bond motifs is 20. The lowest BCUT2D eigenvalue weighted by Gasteiger charge is -2.27. The van der Waals surface area contributed by atoms with Gasteiger partial charge in [-0.2, -0.15) is 5.26 Å². The van der Waals surface area contributed by atoms with Crippen LogP contribution in [0.4, 0.5) is 5.69 Å². The summed E-state index contributed by atoms with van der Waals surface area (Å²) in [5, 5.41) is 19.2. The number of nitriles is 1. The first-order valence-electron chi connectivity index (χ1n) is 30.4. The maximum Gasteiger partial charge on any atom is 0.237 e. The topological polar surface area (TPSA) is 61.0 Å². The Hall–Kier alpha value is -10.4. The van der Waals surface area contributed by atoms with Crippen molar-refractivity contribution in [3.05, 3.63) is 234 Å². The fraction of sp³-hybridized carbons (Fsp3) is 0.0286. The molecule has 0 aliphatic rings. The van der Waals surface area contributed by atoms with Gasteiger partial charge in [0.15, 0.2) is 5.58 Å². The lowest BCUT2D eigenvalue weighted by molar-refractivity contribution is 0.671. The van der Waals surface area contributed by atoms with Crippen molar-refractivity contribution in [2.24, 2.45) is 0 Å². The normalized spacial score (nSPS) is 14.0. The summed E-state index contributed by atoms with van der Waals surface area (Å²) in [6.45, 7) is 14.1. The molecule has 0 saturated carbocycles. The first-order valence-corrected chi connectivity index (χ1v) is 26.2. The molecule has 78 heavy (non-hydrogen) atoms. The first-order chi connectivity index (χ1) is 42.7. The fourth-order valence-corrected chi connectivity index (χ4v) is 13.9. The highest BCUT2D eigenvalue weighted by Crippen LogP contribution is 2.54. The zero-order valence-corrected chi connectivity index (χ0v) is 42.2. The number of para-hydroxylation sites is 6. The Morgan fingerprint density at radius 1 is 0.462 bits per heavy atom. The maximum atomic E-state index is 12.9. The summed E-state index contributed by atoms with van der Waals surface area (Å²) in [7, 11) is 0.